The van der Waals surface area contributed by atoms with Gasteiger partial charge in [-0.15, -0.1) is 11.3 Å². The van der Waals surface area contributed by atoms with Crippen molar-refractivity contribution in [2.24, 2.45) is 11.7 Å². The van der Waals surface area contributed by atoms with E-state index in [-0.39, 0.29) is 17.7 Å². The highest BCUT2D eigenvalue weighted by atomic mass is 32.1. The quantitative estimate of drug-likeness (QED) is 0.851. The average molecular weight is 315 g/mol. The van der Waals surface area contributed by atoms with Gasteiger partial charge in [0.2, 0.25) is 0 Å². The summed E-state index contributed by atoms with van der Waals surface area (Å²) in [5.41, 5.74) is 7.45. The van der Waals surface area contributed by atoms with Gasteiger partial charge in [0.1, 0.15) is 5.69 Å². The molecule has 3 rings (SSSR count). The number of thiazole rings is 1. The van der Waals surface area contributed by atoms with Crippen molar-refractivity contribution < 1.29 is 4.79 Å². The number of rotatable bonds is 4. The van der Waals surface area contributed by atoms with Crippen LogP contribution in [0.2, 0.25) is 0 Å². The summed E-state index contributed by atoms with van der Waals surface area (Å²) in [7, 11) is 0. The molecule has 5 heteroatoms. The van der Waals surface area contributed by atoms with Crippen molar-refractivity contribution in [2.75, 3.05) is 13.1 Å². The first-order valence-electron chi connectivity index (χ1n) is 7.69. The summed E-state index contributed by atoms with van der Waals surface area (Å²) >= 11 is 1.59. The molecule has 1 fully saturated rings. The zero-order chi connectivity index (χ0) is 15.5. The molecular weight excluding hydrogens is 294 g/mol. The molecule has 2 atom stereocenters. The zero-order valence-corrected chi connectivity index (χ0v) is 13.5. The molecular formula is C17H21N3OS. The molecule has 0 bridgehead atoms. The fourth-order valence-electron chi connectivity index (χ4n) is 3.00. The van der Waals surface area contributed by atoms with Crippen LogP contribution < -0.4 is 11.1 Å². The lowest BCUT2D eigenvalue weighted by atomic mass is 9.87. The molecule has 1 aliphatic rings. The molecule has 0 aliphatic carbocycles. The molecule has 0 spiro atoms. The molecule has 1 aromatic carbocycles. The van der Waals surface area contributed by atoms with Gasteiger partial charge >= 0.3 is 0 Å². The van der Waals surface area contributed by atoms with Crippen LogP contribution in [0, 0.1) is 12.8 Å². The van der Waals surface area contributed by atoms with Crippen LogP contribution in [0.5, 0.6) is 0 Å². The topological polar surface area (TPSA) is 68.0 Å². The van der Waals surface area contributed by atoms with E-state index in [0.717, 1.165) is 34.8 Å². The highest BCUT2D eigenvalue weighted by molar-refractivity contribution is 7.15. The van der Waals surface area contributed by atoms with Gasteiger partial charge in [0.05, 0.1) is 9.88 Å². The van der Waals surface area contributed by atoms with E-state index in [0.29, 0.717) is 12.2 Å². The summed E-state index contributed by atoms with van der Waals surface area (Å²) in [5, 5.41) is 4.30. The van der Waals surface area contributed by atoms with Crippen molar-refractivity contribution in [3.8, 4) is 10.4 Å². The fraction of sp³-hybridized carbons (Fsp3) is 0.412. The van der Waals surface area contributed by atoms with Crippen molar-refractivity contribution in [3.63, 3.8) is 0 Å². The van der Waals surface area contributed by atoms with Crippen LogP contribution in [-0.2, 0) is 0 Å². The van der Waals surface area contributed by atoms with E-state index in [1.54, 1.807) is 11.3 Å². The number of nitrogens with zero attached hydrogens (tertiary/aromatic N) is 1. The van der Waals surface area contributed by atoms with E-state index in [9.17, 15) is 4.79 Å². The fourth-order valence-corrected chi connectivity index (χ4v) is 3.93. The number of ketones is 1. The molecule has 1 aromatic heterocycles. The first-order chi connectivity index (χ1) is 10.7. The van der Waals surface area contributed by atoms with E-state index in [1.807, 2.05) is 37.3 Å². The SMILES string of the molecule is Cc1nc(C(=O)C2CCNC(CN)C2)c(-c2ccccc2)s1. The van der Waals surface area contributed by atoms with Crippen LogP contribution in [0.4, 0.5) is 0 Å². The molecule has 0 amide bonds. The minimum atomic E-state index is 0.0266. The number of nitrogens with one attached hydrogen (secondary N) is 1. The number of hydrogen-bond acceptors (Lipinski definition) is 5. The lowest BCUT2D eigenvalue weighted by molar-refractivity contribution is 0.0876. The van der Waals surface area contributed by atoms with Gasteiger partial charge in [0.25, 0.3) is 0 Å². The monoisotopic (exact) mass is 315 g/mol. The highest BCUT2D eigenvalue weighted by Crippen LogP contribution is 2.33. The molecule has 2 heterocycles. The second kappa shape index (κ2) is 6.69. The van der Waals surface area contributed by atoms with Crippen molar-refractivity contribution in [3.05, 3.63) is 41.0 Å². The summed E-state index contributed by atoms with van der Waals surface area (Å²) in [4.78, 5) is 18.5. The maximum atomic E-state index is 12.9. The van der Waals surface area contributed by atoms with Gasteiger partial charge < -0.3 is 11.1 Å². The van der Waals surface area contributed by atoms with Gasteiger partial charge in [-0.1, -0.05) is 30.3 Å². The molecule has 116 valence electrons. The minimum absolute atomic E-state index is 0.0266. The van der Waals surface area contributed by atoms with Crippen LogP contribution in [0.15, 0.2) is 30.3 Å². The Morgan fingerprint density at radius 3 is 2.91 bits per heavy atom. The van der Waals surface area contributed by atoms with E-state index >= 15 is 0 Å². The third-order valence-electron chi connectivity index (χ3n) is 4.15. The number of piperidine rings is 1. The molecule has 2 unspecified atom stereocenters. The Morgan fingerprint density at radius 1 is 1.41 bits per heavy atom. The molecule has 1 aliphatic heterocycles. The summed E-state index contributed by atoms with van der Waals surface area (Å²) in [6, 6.07) is 10.3. The van der Waals surface area contributed by atoms with Gasteiger partial charge in [-0.3, -0.25) is 4.79 Å². The van der Waals surface area contributed by atoms with E-state index in [1.165, 1.54) is 0 Å². The lowest BCUT2D eigenvalue weighted by Crippen LogP contribution is -2.44. The summed E-state index contributed by atoms with van der Waals surface area (Å²) in [6.45, 7) is 3.38. The Morgan fingerprint density at radius 2 is 2.18 bits per heavy atom. The average Bonchev–Trinajstić information content (AvgIpc) is 2.97. The third-order valence-corrected chi connectivity index (χ3v) is 5.17. The maximum Gasteiger partial charge on any atom is 0.185 e. The predicted octanol–water partition coefficient (Wildman–Crippen LogP) is 2.63. The zero-order valence-electron chi connectivity index (χ0n) is 12.7. The van der Waals surface area contributed by atoms with Crippen LogP contribution in [-0.4, -0.2) is 29.9 Å². The lowest BCUT2D eigenvalue weighted by Gasteiger charge is -2.28. The third kappa shape index (κ3) is 3.11. The molecule has 1 saturated heterocycles. The minimum Gasteiger partial charge on any atom is -0.329 e. The van der Waals surface area contributed by atoms with Gasteiger partial charge in [-0.2, -0.15) is 0 Å². The van der Waals surface area contributed by atoms with Crippen molar-refractivity contribution in [1.29, 1.82) is 0 Å². The first-order valence-corrected chi connectivity index (χ1v) is 8.51. The van der Waals surface area contributed by atoms with Crippen LogP contribution in [0.25, 0.3) is 10.4 Å². The smallest absolute Gasteiger partial charge is 0.185 e. The number of benzene rings is 1. The predicted molar refractivity (Wildman–Crippen MR) is 90.2 cm³/mol. The molecule has 3 N–H and O–H groups in total. The number of nitrogens with two attached hydrogens (primary N) is 1. The van der Waals surface area contributed by atoms with Crippen LogP contribution in [0.3, 0.4) is 0 Å². The highest BCUT2D eigenvalue weighted by Gasteiger charge is 2.30. The number of aromatic nitrogens is 1. The van der Waals surface area contributed by atoms with Crippen LogP contribution in [0.1, 0.15) is 28.3 Å². The molecule has 4 nitrogen and oxygen atoms in total. The number of carbonyl (C=O) groups is 1. The number of Topliss-reactive ketones (excluding diaryl/α,β-unsaturated/α-hetero) is 1. The normalized spacial score (nSPS) is 21.7. The summed E-state index contributed by atoms with van der Waals surface area (Å²) < 4.78 is 0. The summed E-state index contributed by atoms with van der Waals surface area (Å²) in [6.07, 6.45) is 1.67. The van der Waals surface area contributed by atoms with Crippen molar-refractivity contribution >= 4 is 17.1 Å². The Balaban J connectivity index is 1.90. The summed E-state index contributed by atoms with van der Waals surface area (Å²) in [5.74, 6) is 0.196. The Bertz CT molecular complexity index is 653. The van der Waals surface area contributed by atoms with E-state index in [2.05, 4.69) is 10.3 Å². The maximum absolute atomic E-state index is 12.9. The number of carbonyl (C=O) groups excluding carboxylic acids is 1. The van der Waals surface area contributed by atoms with Crippen molar-refractivity contribution in [2.45, 2.75) is 25.8 Å². The first kappa shape index (κ1) is 15.3. The van der Waals surface area contributed by atoms with Gasteiger partial charge in [0.15, 0.2) is 5.78 Å². The Labute approximate surface area is 134 Å². The molecule has 0 radical (unpaired) electrons. The number of hydrogen-bond donors (Lipinski definition) is 2. The largest absolute Gasteiger partial charge is 0.329 e. The van der Waals surface area contributed by atoms with Crippen LogP contribution >= 0.6 is 11.3 Å². The second-order valence-corrected chi connectivity index (χ2v) is 6.95. The molecule has 2 aromatic rings. The van der Waals surface area contributed by atoms with E-state index in [4.69, 9.17) is 5.73 Å². The molecule has 0 saturated carbocycles. The Kier molecular flexibility index (Phi) is 4.66. The molecule has 22 heavy (non-hydrogen) atoms. The van der Waals surface area contributed by atoms with Gasteiger partial charge in [0, 0.05) is 18.5 Å². The number of aryl methyl sites for hydroxylation is 1. The second-order valence-electron chi connectivity index (χ2n) is 5.75. The standard InChI is InChI=1S/C17H21N3OS/c1-11-20-15(17(22-11)12-5-3-2-4-6-12)16(21)13-7-8-19-14(9-13)10-18/h2-6,13-14,19H,7-10,18H2,1H3. The van der Waals surface area contributed by atoms with Crippen molar-refractivity contribution in [1.82, 2.24) is 10.3 Å². The Hall–Kier alpha value is -1.56. The van der Waals surface area contributed by atoms with E-state index < -0.39 is 0 Å². The van der Waals surface area contributed by atoms with Gasteiger partial charge in [-0.05, 0) is 31.9 Å². The van der Waals surface area contributed by atoms with Gasteiger partial charge in [-0.25, -0.2) is 4.98 Å².